The van der Waals surface area contributed by atoms with E-state index in [9.17, 15) is 0 Å². The quantitative estimate of drug-likeness (QED) is 0.480. The van der Waals surface area contributed by atoms with E-state index in [0.29, 0.717) is 10.8 Å². The minimum atomic E-state index is 0. The lowest BCUT2D eigenvalue weighted by atomic mass is 10.0. The molecule has 0 spiro atoms. The van der Waals surface area contributed by atoms with E-state index in [1.165, 1.54) is 0 Å². The van der Waals surface area contributed by atoms with Gasteiger partial charge in [0.1, 0.15) is 0 Å². The van der Waals surface area contributed by atoms with Crippen LogP contribution in [0.5, 0.6) is 0 Å². The highest BCUT2D eigenvalue weighted by atomic mass is 14.0. The van der Waals surface area contributed by atoms with E-state index in [1.807, 2.05) is 0 Å². The second-order valence-electron chi connectivity index (χ2n) is 6.00. The summed E-state index contributed by atoms with van der Waals surface area (Å²) in [5.41, 5.74) is 1.00. The minimum absolute atomic E-state index is 0. The monoisotopic (exact) mass is 160 g/mol. The maximum atomic E-state index is 2.19. The molecule has 0 saturated heterocycles. The molecule has 0 aliphatic rings. The first kappa shape index (κ1) is 17.2. The maximum absolute atomic E-state index is 2.19. The standard InChI is InChI=1S/2C5H12.CH4/c2*1-5(2,3)4;/h2*1-4H3;1H4. The summed E-state index contributed by atoms with van der Waals surface area (Å²) < 4.78 is 0. The van der Waals surface area contributed by atoms with E-state index < -0.39 is 0 Å². The van der Waals surface area contributed by atoms with E-state index in [0.717, 1.165) is 0 Å². The molecule has 0 heterocycles. The van der Waals surface area contributed by atoms with Crippen LogP contribution >= 0.6 is 0 Å². The Kier molecular flexibility index (Phi) is 8.79. The zero-order chi connectivity index (χ0) is 9.00. The first-order valence-corrected chi connectivity index (χ1v) is 4.00. The summed E-state index contributed by atoms with van der Waals surface area (Å²) in [7, 11) is 0. The first-order valence-electron chi connectivity index (χ1n) is 4.00. The number of hydrogen-bond donors (Lipinski definition) is 0. The van der Waals surface area contributed by atoms with Crippen LogP contribution < -0.4 is 0 Å². The van der Waals surface area contributed by atoms with Crippen molar-refractivity contribution >= 4 is 0 Å². The fourth-order valence-electron chi connectivity index (χ4n) is 0. The van der Waals surface area contributed by atoms with Crippen molar-refractivity contribution < 1.29 is 0 Å². The topological polar surface area (TPSA) is 0 Å². The van der Waals surface area contributed by atoms with Gasteiger partial charge in [0.25, 0.3) is 0 Å². The molecule has 0 atom stereocenters. The van der Waals surface area contributed by atoms with Gasteiger partial charge in [-0.25, -0.2) is 0 Å². The Morgan fingerprint density at radius 2 is 0.455 bits per heavy atom. The molecule has 0 amide bonds. The van der Waals surface area contributed by atoms with Crippen molar-refractivity contribution in [3.63, 3.8) is 0 Å². The minimum Gasteiger partial charge on any atom is -0.0776 e. The molecule has 0 rings (SSSR count). The van der Waals surface area contributed by atoms with Crippen LogP contribution in [0.3, 0.4) is 0 Å². The molecule has 0 saturated carbocycles. The third-order valence-corrected chi connectivity index (χ3v) is 0. The predicted molar refractivity (Wildman–Crippen MR) is 57.0 cm³/mol. The molecule has 0 aromatic rings. The van der Waals surface area contributed by atoms with E-state index in [4.69, 9.17) is 0 Å². The molecular weight excluding hydrogens is 132 g/mol. The number of hydrogen-bond acceptors (Lipinski definition) is 0. The first-order chi connectivity index (χ1) is 4.00. The second kappa shape index (κ2) is 5.62. The van der Waals surface area contributed by atoms with Gasteiger partial charge in [0.05, 0.1) is 0 Å². The van der Waals surface area contributed by atoms with Crippen LogP contribution in [0.1, 0.15) is 62.8 Å². The average Bonchev–Trinajstić information content (AvgIpc) is 1.12. The molecule has 0 radical (unpaired) electrons. The van der Waals surface area contributed by atoms with Crippen LogP contribution in [0, 0.1) is 10.8 Å². The Hall–Kier alpha value is 0. The van der Waals surface area contributed by atoms with E-state index >= 15 is 0 Å². The van der Waals surface area contributed by atoms with Gasteiger partial charge in [0.15, 0.2) is 0 Å². The van der Waals surface area contributed by atoms with Crippen molar-refractivity contribution in [2.45, 2.75) is 62.8 Å². The SMILES string of the molecule is C.CC(C)(C)C.CC(C)(C)C. The van der Waals surface area contributed by atoms with E-state index in [-0.39, 0.29) is 7.43 Å². The summed E-state index contributed by atoms with van der Waals surface area (Å²) in [6.07, 6.45) is 0. The third-order valence-electron chi connectivity index (χ3n) is 0. The van der Waals surface area contributed by atoms with Crippen molar-refractivity contribution in [2.24, 2.45) is 10.8 Å². The van der Waals surface area contributed by atoms with Crippen molar-refractivity contribution in [1.29, 1.82) is 0 Å². The van der Waals surface area contributed by atoms with Crippen LogP contribution in [-0.2, 0) is 0 Å². The molecule has 11 heavy (non-hydrogen) atoms. The smallest absolute Gasteiger partial charge is 0.0411 e. The lowest BCUT2D eigenvalue weighted by Gasteiger charge is -2.05. The molecule has 72 valence electrons. The number of rotatable bonds is 0. The molecule has 0 aromatic carbocycles. The van der Waals surface area contributed by atoms with Crippen molar-refractivity contribution in [2.75, 3.05) is 0 Å². The summed E-state index contributed by atoms with van der Waals surface area (Å²) >= 11 is 0. The zero-order valence-corrected chi connectivity index (χ0v) is 9.00. The van der Waals surface area contributed by atoms with Crippen LogP contribution in [0.2, 0.25) is 0 Å². The third kappa shape index (κ3) is 0. The Labute approximate surface area is 74.4 Å². The normalized spacial score (nSPS) is 10.9. The molecule has 0 aromatic heterocycles. The summed E-state index contributed by atoms with van der Waals surface area (Å²) in [5.74, 6) is 0. The largest absolute Gasteiger partial charge is 0.0776 e. The predicted octanol–water partition coefficient (Wildman–Crippen LogP) is 4.74. The van der Waals surface area contributed by atoms with Gasteiger partial charge in [-0.05, 0) is 10.8 Å². The Morgan fingerprint density at radius 1 is 0.455 bits per heavy atom. The molecule has 0 unspecified atom stereocenters. The average molecular weight is 160 g/mol. The van der Waals surface area contributed by atoms with E-state index in [1.54, 1.807) is 0 Å². The van der Waals surface area contributed by atoms with Gasteiger partial charge in [-0.2, -0.15) is 0 Å². The molecule has 0 heteroatoms. The second-order valence-corrected chi connectivity index (χ2v) is 6.00. The summed E-state index contributed by atoms with van der Waals surface area (Å²) in [6.45, 7) is 17.5. The van der Waals surface area contributed by atoms with Crippen molar-refractivity contribution in [3.8, 4) is 0 Å². The van der Waals surface area contributed by atoms with Gasteiger partial charge < -0.3 is 0 Å². The zero-order valence-electron chi connectivity index (χ0n) is 9.00. The van der Waals surface area contributed by atoms with Gasteiger partial charge in [0, 0.05) is 0 Å². The fraction of sp³-hybridized carbons (Fsp3) is 1.00. The molecule has 0 fully saturated rings. The molecular formula is C11H28. The van der Waals surface area contributed by atoms with Crippen molar-refractivity contribution in [3.05, 3.63) is 0 Å². The molecule has 0 nitrogen and oxygen atoms in total. The Balaban J connectivity index is -0.000000107. The van der Waals surface area contributed by atoms with Crippen molar-refractivity contribution in [1.82, 2.24) is 0 Å². The highest BCUT2D eigenvalue weighted by Crippen LogP contribution is 2.08. The van der Waals surface area contributed by atoms with Gasteiger partial charge in [-0.1, -0.05) is 62.8 Å². The van der Waals surface area contributed by atoms with Crippen LogP contribution in [0.25, 0.3) is 0 Å². The van der Waals surface area contributed by atoms with Gasteiger partial charge in [-0.15, -0.1) is 0 Å². The van der Waals surface area contributed by atoms with Crippen LogP contribution in [0.4, 0.5) is 0 Å². The molecule has 0 N–H and O–H groups in total. The van der Waals surface area contributed by atoms with Crippen LogP contribution in [-0.4, -0.2) is 0 Å². The van der Waals surface area contributed by atoms with E-state index in [2.05, 4.69) is 55.4 Å². The highest BCUT2D eigenvalue weighted by Gasteiger charge is 1.96. The highest BCUT2D eigenvalue weighted by molar-refractivity contribution is 4.47. The van der Waals surface area contributed by atoms with Gasteiger partial charge in [0.2, 0.25) is 0 Å². The Morgan fingerprint density at radius 3 is 0.455 bits per heavy atom. The molecule has 0 bridgehead atoms. The summed E-state index contributed by atoms with van der Waals surface area (Å²) in [4.78, 5) is 0. The van der Waals surface area contributed by atoms with Gasteiger partial charge in [-0.3, -0.25) is 0 Å². The van der Waals surface area contributed by atoms with Gasteiger partial charge >= 0.3 is 0 Å². The molecule has 0 aliphatic carbocycles. The summed E-state index contributed by atoms with van der Waals surface area (Å²) in [5, 5.41) is 0. The fourth-order valence-corrected chi connectivity index (χ4v) is 0. The maximum Gasteiger partial charge on any atom is -0.0411 e. The lowest BCUT2D eigenvalue weighted by Crippen LogP contribution is -1.93. The Bertz CT molecular complexity index is 43.0. The lowest BCUT2D eigenvalue weighted by molar-refractivity contribution is 0.469. The van der Waals surface area contributed by atoms with Crippen LogP contribution in [0.15, 0.2) is 0 Å². The summed E-state index contributed by atoms with van der Waals surface area (Å²) in [6, 6.07) is 0. The molecule has 0 aliphatic heterocycles.